The molecule has 0 aromatic heterocycles. The Hall–Kier alpha value is -2.82. The van der Waals surface area contributed by atoms with Gasteiger partial charge >= 0.3 is 11.9 Å². The lowest BCUT2D eigenvalue weighted by atomic mass is 9.96. The van der Waals surface area contributed by atoms with E-state index in [1.54, 1.807) is 36.4 Å². The molecule has 0 saturated carbocycles. The summed E-state index contributed by atoms with van der Waals surface area (Å²) in [5.41, 5.74) is 2.46. The molecule has 0 aliphatic carbocycles. The van der Waals surface area contributed by atoms with E-state index >= 15 is 0 Å². The van der Waals surface area contributed by atoms with Crippen LogP contribution in [0.5, 0.6) is 5.75 Å². The van der Waals surface area contributed by atoms with Crippen molar-refractivity contribution < 1.29 is 24.2 Å². The van der Waals surface area contributed by atoms with E-state index in [0.29, 0.717) is 11.3 Å². The number of carboxylic acid groups (broad SMARTS) is 1. The van der Waals surface area contributed by atoms with Gasteiger partial charge < -0.3 is 14.6 Å². The molecule has 2 aromatic rings. The number of hydrogen-bond donors (Lipinski definition) is 1. The average Bonchev–Trinajstić information content (AvgIpc) is 2.52. The molecule has 5 heteroatoms. The minimum absolute atomic E-state index is 0.0966. The summed E-state index contributed by atoms with van der Waals surface area (Å²) in [6.45, 7) is 7.32. The van der Waals surface area contributed by atoms with Crippen LogP contribution in [0.3, 0.4) is 0 Å². The summed E-state index contributed by atoms with van der Waals surface area (Å²) in [7, 11) is 1.44. The highest BCUT2D eigenvalue weighted by molar-refractivity contribution is 5.94. The van der Waals surface area contributed by atoms with Gasteiger partial charge in [0, 0.05) is 0 Å². The van der Waals surface area contributed by atoms with Gasteiger partial charge in [-0.05, 0) is 68.7 Å². The normalized spacial score (nSPS) is 11.1. The fourth-order valence-electron chi connectivity index (χ4n) is 2.45. The molecule has 2 rings (SSSR count). The molecule has 5 nitrogen and oxygen atoms in total. The minimum Gasteiger partial charge on any atom is -0.496 e. The summed E-state index contributed by atoms with van der Waals surface area (Å²) in [6, 6.07) is 10.2. The number of carbonyl (C=O) groups is 2. The Labute approximate surface area is 147 Å². The number of aryl methyl sites for hydroxylation is 1. The smallest absolute Gasteiger partial charge is 0.339 e. The Bertz CT molecular complexity index is 798. The molecule has 0 atom stereocenters. The van der Waals surface area contributed by atoms with Gasteiger partial charge in [0.25, 0.3) is 0 Å². The van der Waals surface area contributed by atoms with Crippen LogP contribution in [0.2, 0.25) is 0 Å². The molecule has 132 valence electrons. The van der Waals surface area contributed by atoms with E-state index in [4.69, 9.17) is 9.47 Å². The van der Waals surface area contributed by atoms with E-state index in [0.717, 1.165) is 16.7 Å². The summed E-state index contributed by atoms with van der Waals surface area (Å²) < 4.78 is 10.5. The van der Waals surface area contributed by atoms with Gasteiger partial charge in [-0.3, -0.25) is 0 Å². The second kappa shape index (κ2) is 6.97. The van der Waals surface area contributed by atoms with Crippen molar-refractivity contribution in [1.29, 1.82) is 0 Å². The first-order valence-electron chi connectivity index (χ1n) is 7.88. The van der Waals surface area contributed by atoms with E-state index in [-0.39, 0.29) is 5.56 Å². The molecule has 25 heavy (non-hydrogen) atoms. The maximum Gasteiger partial charge on any atom is 0.339 e. The van der Waals surface area contributed by atoms with Gasteiger partial charge in [-0.25, -0.2) is 9.59 Å². The van der Waals surface area contributed by atoms with Crippen molar-refractivity contribution >= 4 is 11.9 Å². The van der Waals surface area contributed by atoms with Gasteiger partial charge in [-0.2, -0.15) is 0 Å². The van der Waals surface area contributed by atoms with Crippen LogP contribution in [-0.4, -0.2) is 29.8 Å². The molecule has 0 fully saturated rings. The fraction of sp³-hybridized carbons (Fsp3) is 0.300. The minimum atomic E-state index is -1.05. The zero-order valence-corrected chi connectivity index (χ0v) is 15.0. The van der Waals surface area contributed by atoms with Crippen LogP contribution < -0.4 is 4.74 Å². The zero-order valence-electron chi connectivity index (χ0n) is 15.0. The Morgan fingerprint density at radius 1 is 1.04 bits per heavy atom. The Balaban J connectivity index is 2.38. The third-order valence-electron chi connectivity index (χ3n) is 3.61. The highest BCUT2D eigenvalue weighted by Crippen LogP contribution is 2.31. The molecule has 0 heterocycles. The fourth-order valence-corrected chi connectivity index (χ4v) is 2.45. The van der Waals surface area contributed by atoms with Gasteiger partial charge in [0.15, 0.2) is 0 Å². The molecule has 0 bridgehead atoms. The molecule has 0 spiro atoms. The second-order valence-corrected chi connectivity index (χ2v) is 6.75. The predicted octanol–water partition coefficient (Wildman–Crippen LogP) is 4.32. The van der Waals surface area contributed by atoms with Crippen molar-refractivity contribution in [3.8, 4) is 16.9 Å². The van der Waals surface area contributed by atoms with E-state index in [9.17, 15) is 14.7 Å². The van der Waals surface area contributed by atoms with Crippen LogP contribution in [0.25, 0.3) is 11.1 Å². The number of carbonyl (C=O) groups excluding carboxylic acids is 1. The van der Waals surface area contributed by atoms with Gasteiger partial charge in [0.05, 0.1) is 12.7 Å². The van der Waals surface area contributed by atoms with Crippen molar-refractivity contribution in [3.05, 3.63) is 53.1 Å². The highest BCUT2D eigenvalue weighted by atomic mass is 16.6. The van der Waals surface area contributed by atoms with Crippen molar-refractivity contribution in [2.75, 3.05) is 7.11 Å². The molecule has 0 unspecified atom stereocenters. The lowest BCUT2D eigenvalue weighted by molar-refractivity contribution is 0.00693. The quantitative estimate of drug-likeness (QED) is 0.838. The molecular weight excluding hydrogens is 320 g/mol. The maximum atomic E-state index is 12.1. The van der Waals surface area contributed by atoms with Crippen LogP contribution in [0.1, 0.15) is 47.1 Å². The second-order valence-electron chi connectivity index (χ2n) is 6.75. The molecule has 0 aliphatic heterocycles. The third kappa shape index (κ3) is 4.38. The topological polar surface area (TPSA) is 72.8 Å². The molecule has 2 aromatic carbocycles. The number of methoxy groups -OCH3 is 1. The van der Waals surface area contributed by atoms with E-state index in [1.807, 2.05) is 27.7 Å². The number of carboxylic acids is 1. The molecule has 0 radical (unpaired) electrons. The lowest BCUT2D eigenvalue weighted by Crippen LogP contribution is -2.23. The SMILES string of the molecule is COc1cc(C)c(-c2ccc(C(=O)OC(C)(C)C)cc2)cc1C(=O)O. The van der Waals surface area contributed by atoms with Crippen molar-refractivity contribution in [1.82, 2.24) is 0 Å². The highest BCUT2D eigenvalue weighted by Gasteiger charge is 2.18. The van der Waals surface area contributed by atoms with Crippen LogP contribution in [0, 0.1) is 6.92 Å². The lowest BCUT2D eigenvalue weighted by Gasteiger charge is -2.19. The number of aromatic carboxylic acids is 1. The van der Waals surface area contributed by atoms with Gasteiger partial charge in [0.2, 0.25) is 0 Å². The summed E-state index contributed by atoms with van der Waals surface area (Å²) >= 11 is 0. The summed E-state index contributed by atoms with van der Waals surface area (Å²) in [5, 5.41) is 9.34. The van der Waals surface area contributed by atoms with Crippen LogP contribution in [0.15, 0.2) is 36.4 Å². The number of esters is 1. The van der Waals surface area contributed by atoms with E-state index in [2.05, 4.69) is 0 Å². The van der Waals surface area contributed by atoms with Crippen LogP contribution >= 0.6 is 0 Å². The average molecular weight is 342 g/mol. The van der Waals surface area contributed by atoms with Gasteiger partial charge in [-0.1, -0.05) is 12.1 Å². The number of hydrogen-bond acceptors (Lipinski definition) is 4. The largest absolute Gasteiger partial charge is 0.496 e. The molecule has 0 amide bonds. The first-order chi connectivity index (χ1) is 11.6. The molecule has 0 saturated heterocycles. The maximum absolute atomic E-state index is 12.1. The monoisotopic (exact) mass is 342 g/mol. The number of benzene rings is 2. The summed E-state index contributed by atoms with van der Waals surface area (Å²) in [6.07, 6.45) is 0. The molecular formula is C20H22O5. The van der Waals surface area contributed by atoms with Crippen LogP contribution in [-0.2, 0) is 4.74 Å². The number of ether oxygens (including phenoxy) is 2. The molecule has 0 aliphatic rings. The van der Waals surface area contributed by atoms with Gasteiger partial charge in [-0.15, -0.1) is 0 Å². The van der Waals surface area contributed by atoms with Crippen LogP contribution in [0.4, 0.5) is 0 Å². The Morgan fingerprint density at radius 3 is 2.12 bits per heavy atom. The first kappa shape index (κ1) is 18.5. The predicted molar refractivity (Wildman–Crippen MR) is 95.3 cm³/mol. The number of rotatable bonds is 4. The van der Waals surface area contributed by atoms with Crippen molar-refractivity contribution in [2.45, 2.75) is 33.3 Å². The Kier molecular flexibility index (Phi) is 5.16. The zero-order chi connectivity index (χ0) is 18.8. The van der Waals surface area contributed by atoms with Gasteiger partial charge in [0.1, 0.15) is 16.9 Å². The van der Waals surface area contributed by atoms with Crippen molar-refractivity contribution in [2.24, 2.45) is 0 Å². The molecule has 1 N–H and O–H groups in total. The standard InChI is InChI=1S/C20H22O5/c1-12-10-17(24-5)16(18(21)22)11-15(12)13-6-8-14(9-7-13)19(23)25-20(2,3)4/h6-11H,1-5H3,(H,21,22). The van der Waals surface area contributed by atoms with E-state index < -0.39 is 17.5 Å². The van der Waals surface area contributed by atoms with Crippen molar-refractivity contribution in [3.63, 3.8) is 0 Å². The third-order valence-corrected chi connectivity index (χ3v) is 3.61. The Morgan fingerprint density at radius 2 is 1.64 bits per heavy atom. The first-order valence-corrected chi connectivity index (χ1v) is 7.88. The summed E-state index contributed by atoms with van der Waals surface area (Å²) in [4.78, 5) is 23.5. The van der Waals surface area contributed by atoms with E-state index in [1.165, 1.54) is 7.11 Å². The summed E-state index contributed by atoms with van der Waals surface area (Å²) in [5.74, 6) is -1.13.